The lowest BCUT2D eigenvalue weighted by molar-refractivity contribution is -0.384. The summed E-state index contributed by atoms with van der Waals surface area (Å²) in [7, 11) is 0. The predicted octanol–water partition coefficient (Wildman–Crippen LogP) is 3.27. The van der Waals surface area contributed by atoms with E-state index in [1.54, 1.807) is 22.8 Å². The number of non-ortho nitro benzene ring substituents is 1. The summed E-state index contributed by atoms with van der Waals surface area (Å²) in [4.78, 5) is 24.4. The third-order valence-corrected chi connectivity index (χ3v) is 6.16. The topological polar surface area (TPSA) is 89.9 Å². The van der Waals surface area contributed by atoms with Gasteiger partial charge in [-0.3, -0.25) is 19.5 Å². The van der Waals surface area contributed by atoms with Crippen LogP contribution in [0.15, 0.2) is 99.9 Å². The van der Waals surface area contributed by atoms with Crippen molar-refractivity contribution in [3.05, 3.63) is 131 Å². The highest BCUT2D eigenvalue weighted by Crippen LogP contribution is 2.24. The van der Waals surface area contributed by atoms with E-state index in [1.165, 1.54) is 23.5 Å². The van der Waals surface area contributed by atoms with Crippen LogP contribution in [0.2, 0.25) is 0 Å². The lowest BCUT2D eigenvalue weighted by atomic mass is 9.96. The molecule has 0 N–H and O–H groups in total. The molecule has 5 rings (SSSR count). The van der Waals surface area contributed by atoms with Crippen molar-refractivity contribution in [3.8, 4) is 0 Å². The van der Waals surface area contributed by atoms with E-state index in [4.69, 9.17) is 0 Å². The molecular formula is C24H16N4O3S. The summed E-state index contributed by atoms with van der Waals surface area (Å²) in [5.41, 5.74) is 3.06. The lowest BCUT2D eigenvalue weighted by Crippen LogP contribution is -2.40. The summed E-state index contributed by atoms with van der Waals surface area (Å²) in [6.07, 6.45) is 1.72. The van der Waals surface area contributed by atoms with Crippen LogP contribution in [0, 0.1) is 10.1 Å². The molecule has 7 nitrogen and oxygen atoms in total. The van der Waals surface area contributed by atoms with Gasteiger partial charge < -0.3 is 0 Å². The first-order chi connectivity index (χ1) is 15.6. The number of hydrogen-bond acceptors (Lipinski definition) is 6. The van der Waals surface area contributed by atoms with Crippen molar-refractivity contribution in [3.63, 3.8) is 0 Å². The van der Waals surface area contributed by atoms with Gasteiger partial charge >= 0.3 is 0 Å². The van der Waals surface area contributed by atoms with Crippen molar-refractivity contribution in [2.24, 2.45) is 10.2 Å². The molecule has 0 radical (unpaired) electrons. The molecule has 1 aromatic heterocycles. The van der Waals surface area contributed by atoms with E-state index in [0.717, 1.165) is 11.1 Å². The number of benzene rings is 3. The van der Waals surface area contributed by atoms with Crippen molar-refractivity contribution in [1.82, 2.24) is 4.57 Å². The number of thiazole rings is 1. The molecule has 8 heteroatoms. The highest BCUT2D eigenvalue weighted by molar-refractivity contribution is 7.07. The quantitative estimate of drug-likeness (QED) is 0.360. The molecule has 0 aliphatic carbocycles. The van der Waals surface area contributed by atoms with Gasteiger partial charge in [0.1, 0.15) is 6.04 Å². The second-order valence-corrected chi connectivity index (χ2v) is 8.19. The Kier molecular flexibility index (Phi) is 5.04. The molecule has 156 valence electrons. The average Bonchev–Trinajstić information content (AvgIpc) is 3.15. The normalized spacial score (nSPS) is 15.6. The van der Waals surface area contributed by atoms with Crippen LogP contribution in [-0.2, 0) is 0 Å². The third kappa shape index (κ3) is 3.57. The van der Waals surface area contributed by atoms with Gasteiger partial charge in [0.05, 0.1) is 15.2 Å². The Morgan fingerprint density at radius 1 is 0.906 bits per heavy atom. The molecule has 1 aliphatic rings. The summed E-state index contributed by atoms with van der Waals surface area (Å²) >= 11 is 1.25. The average molecular weight is 440 g/mol. The van der Waals surface area contributed by atoms with E-state index in [0.29, 0.717) is 20.6 Å². The fraction of sp³-hybridized carbons (Fsp3) is 0.0417. The largest absolute Gasteiger partial charge is 0.271 e. The number of nitrogens with zero attached hydrogens (tertiary/aromatic N) is 4. The molecule has 0 fully saturated rings. The predicted molar refractivity (Wildman–Crippen MR) is 124 cm³/mol. The first kappa shape index (κ1) is 19.8. The number of aromatic nitrogens is 1. The maximum atomic E-state index is 13.5. The molecule has 0 spiro atoms. The Labute approximate surface area is 186 Å². The van der Waals surface area contributed by atoms with Crippen LogP contribution in [0.25, 0.3) is 6.08 Å². The third-order valence-electron chi connectivity index (χ3n) is 5.18. The smallest absolute Gasteiger partial charge is 0.268 e. The SMILES string of the molecule is O=c1/c(=C/c2ccc([N+](=O)[O-])cc2)sc2n1[C@H](c1ccccc1)C(c1ccccc1)=NN=2. The zero-order chi connectivity index (χ0) is 22.1. The van der Waals surface area contributed by atoms with Gasteiger partial charge in [-0.2, -0.15) is 0 Å². The lowest BCUT2D eigenvalue weighted by Gasteiger charge is -2.22. The van der Waals surface area contributed by atoms with Crippen LogP contribution >= 0.6 is 11.3 Å². The Bertz CT molecular complexity index is 1510. The van der Waals surface area contributed by atoms with Crippen molar-refractivity contribution in [1.29, 1.82) is 0 Å². The molecule has 0 unspecified atom stereocenters. The summed E-state index contributed by atoms with van der Waals surface area (Å²) in [6.45, 7) is 0. The number of rotatable bonds is 4. The molecule has 0 amide bonds. The van der Waals surface area contributed by atoms with Crippen LogP contribution in [0.4, 0.5) is 5.69 Å². The standard InChI is InChI=1S/C24H16N4O3S/c29-23-20(15-16-11-13-19(14-12-16)28(30)31)32-24-26-25-21(17-7-3-1-4-8-17)22(27(23)24)18-9-5-2-6-10-18/h1-15,22H/b20-15-/t22-/m1/s1. The molecule has 0 saturated heterocycles. The highest BCUT2D eigenvalue weighted by atomic mass is 32.1. The molecular weight excluding hydrogens is 424 g/mol. The molecule has 3 aromatic carbocycles. The molecule has 32 heavy (non-hydrogen) atoms. The molecule has 0 bridgehead atoms. The van der Waals surface area contributed by atoms with Gasteiger partial charge in [0.15, 0.2) is 0 Å². The van der Waals surface area contributed by atoms with Gasteiger partial charge in [0.25, 0.3) is 11.2 Å². The number of fused-ring (bicyclic) bond motifs is 1. The van der Waals surface area contributed by atoms with Gasteiger partial charge in [-0.1, -0.05) is 72.0 Å². The van der Waals surface area contributed by atoms with Gasteiger partial charge in [-0.25, -0.2) is 0 Å². The van der Waals surface area contributed by atoms with Crippen LogP contribution in [-0.4, -0.2) is 15.2 Å². The Morgan fingerprint density at radius 2 is 1.56 bits per heavy atom. The number of nitro benzene ring substituents is 1. The first-order valence-corrected chi connectivity index (χ1v) is 10.7. The summed E-state index contributed by atoms with van der Waals surface area (Å²) in [5, 5.41) is 19.7. The fourth-order valence-electron chi connectivity index (χ4n) is 3.67. The van der Waals surface area contributed by atoms with Crippen LogP contribution < -0.4 is 14.9 Å². The summed E-state index contributed by atoms with van der Waals surface area (Å²) < 4.78 is 2.16. The Hall–Kier alpha value is -4.17. The van der Waals surface area contributed by atoms with Crippen LogP contribution in [0.1, 0.15) is 22.7 Å². The van der Waals surface area contributed by atoms with Crippen molar-refractivity contribution in [2.75, 3.05) is 0 Å². The van der Waals surface area contributed by atoms with E-state index in [-0.39, 0.29) is 11.2 Å². The zero-order valence-electron chi connectivity index (χ0n) is 16.7. The van der Waals surface area contributed by atoms with E-state index < -0.39 is 11.0 Å². The second-order valence-electron chi connectivity index (χ2n) is 7.18. The van der Waals surface area contributed by atoms with Crippen LogP contribution in [0.3, 0.4) is 0 Å². The minimum atomic E-state index is -0.450. The number of nitro groups is 1. The van der Waals surface area contributed by atoms with E-state index in [9.17, 15) is 14.9 Å². The zero-order valence-corrected chi connectivity index (χ0v) is 17.5. The second kappa shape index (κ2) is 8.16. The monoisotopic (exact) mass is 440 g/mol. The minimum Gasteiger partial charge on any atom is -0.268 e. The molecule has 4 aromatic rings. The molecule has 1 aliphatic heterocycles. The molecule has 2 heterocycles. The van der Waals surface area contributed by atoms with Gasteiger partial charge in [0, 0.05) is 17.7 Å². The fourth-order valence-corrected chi connectivity index (χ4v) is 4.61. The maximum absolute atomic E-state index is 13.5. The van der Waals surface area contributed by atoms with E-state index >= 15 is 0 Å². The minimum absolute atomic E-state index is 0.00407. The van der Waals surface area contributed by atoms with Crippen molar-refractivity contribution in [2.45, 2.75) is 6.04 Å². The first-order valence-electron chi connectivity index (χ1n) is 9.85. The van der Waals surface area contributed by atoms with E-state index in [1.807, 2.05) is 60.7 Å². The number of hydrogen-bond donors (Lipinski definition) is 0. The Balaban J connectivity index is 1.67. The van der Waals surface area contributed by atoms with Crippen molar-refractivity contribution >= 4 is 28.8 Å². The van der Waals surface area contributed by atoms with Gasteiger partial charge in [-0.15, -0.1) is 10.2 Å². The van der Waals surface area contributed by atoms with Crippen LogP contribution in [0.5, 0.6) is 0 Å². The Morgan fingerprint density at radius 3 is 2.22 bits per heavy atom. The summed E-state index contributed by atoms with van der Waals surface area (Å²) in [6, 6.07) is 25.1. The summed E-state index contributed by atoms with van der Waals surface area (Å²) in [5.74, 6) is 0. The van der Waals surface area contributed by atoms with Gasteiger partial charge in [-0.05, 0) is 29.3 Å². The van der Waals surface area contributed by atoms with Crippen molar-refractivity contribution < 1.29 is 4.92 Å². The molecule has 0 saturated carbocycles. The highest BCUT2D eigenvalue weighted by Gasteiger charge is 2.28. The van der Waals surface area contributed by atoms with E-state index in [2.05, 4.69) is 10.2 Å². The van der Waals surface area contributed by atoms with Gasteiger partial charge in [0.2, 0.25) is 4.80 Å². The maximum Gasteiger partial charge on any atom is 0.271 e. The molecule has 1 atom stereocenters.